The average Bonchev–Trinajstić information content (AvgIpc) is 2.48. The Morgan fingerprint density at radius 3 is 2.20 bits per heavy atom. The first-order valence-corrected chi connectivity index (χ1v) is 9.70. The molecule has 1 fully saturated rings. The molecule has 0 atom stereocenters. The lowest BCUT2D eigenvalue weighted by atomic mass is 10.2. The van der Waals surface area contributed by atoms with Gasteiger partial charge >= 0.3 is 0 Å². The molecule has 0 aromatic heterocycles. The molecule has 0 N–H and O–H groups in total. The maximum atomic E-state index is 11.8. The lowest BCUT2D eigenvalue weighted by molar-refractivity contribution is 0.274. The molecular formula is C14H21BrN2O2S. The Morgan fingerprint density at radius 1 is 1.10 bits per heavy atom. The van der Waals surface area contributed by atoms with E-state index >= 15 is 0 Å². The molecule has 0 bridgehead atoms. The first-order chi connectivity index (χ1) is 9.56. The first kappa shape index (κ1) is 15.8. The fourth-order valence-electron chi connectivity index (χ4n) is 2.38. The van der Waals surface area contributed by atoms with E-state index in [0.29, 0.717) is 4.90 Å². The quantitative estimate of drug-likeness (QED) is 0.753. The molecule has 0 saturated carbocycles. The van der Waals surface area contributed by atoms with Gasteiger partial charge < -0.3 is 4.90 Å². The van der Waals surface area contributed by atoms with Crippen LogP contribution >= 0.6 is 15.9 Å². The van der Waals surface area contributed by atoms with Gasteiger partial charge in [0.2, 0.25) is 0 Å². The average molecular weight is 361 g/mol. The van der Waals surface area contributed by atoms with Gasteiger partial charge in [0.15, 0.2) is 9.84 Å². The summed E-state index contributed by atoms with van der Waals surface area (Å²) in [5, 5.41) is 1.01. The SMILES string of the molecule is CCS(=O)(=O)c1ccc(N2CCN(CCBr)CC2)cc1. The Bertz CT molecular complexity index is 523. The Hall–Kier alpha value is -0.590. The van der Waals surface area contributed by atoms with Crippen molar-refractivity contribution in [3.8, 4) is 0 Å². The van der Waals surface area contributed by atoms with Crippen molar-refractivity contribution in [1.82, 2.24) is 4.90 Å². The Labute approximate surface area is 129 Å². The highest BCUT2D eigenvalue weighted by Gasteiger charge is 2.17. The van der Waals surface area contributed by atoms with Crippen molar-refractivity contribution >= 4 is 31.5 Å². The van der Waals surface area contributed by atoms with E-state index in [1.165, 1.54) is 0 Å². The van der Waals surface area contributed by atoms with Crippen LogP contribution in [0.25, 0.3) is 0 Å². The topological polar surface area (TPSA) is 40.6 Å². The normalized spacial score (nSPS) is 17.4. The van der Waals surface area contributed by atoms with E-state index in [0.717, 1.165) is 43.7 Å². The van der Waals surface area contributed by atoms with Gasteiger partial charge in [-0.15, -0.1) is 0 Å². The molecule has 112 valence electrons. The van der Waals surface area contributed by atoms with Crippen molar-refractivity contribution < 1.29 is 8.42 Å². The number of benzene rings is 1. The van der Waals surface area contributed by atoms with Crippen LogP contribution in [-0.2, 0) is 9.84 Å². The minimum Gasteiger partial charge on any atom is -0.369 e. The number of alkyl halides is 1. The fraction of sp³-hybridized carbons (Fsp3) is 0.571. The molecule has 2 rings (SSSR count). The lowest BCUT2D eigenvalue weighted by Crippen LogP contribution is -2.46. The summed E-state index contributed by atoms with van der Waals surface area (Å²) in [5.74, 6) is 0.150. The van der Waals surface area contributed by atoms with E-state index in [4.69, 9.17) is 0 Å². The van der Waals surface area contributed by atoms with Crippen LogP contribution in [-0.4, -0.2) is 57.1 Å². The largest absolute Gasteiger partial charge is 0.369 e. The maximum Gasteiger partial charge on any atom is 0.178 e. The number of hydrogen-bond acceptors (Lipinski definition) is 4. The molecule has 20 heavy (non-hydrogen) atoms. The molecular weight excluding hydrogens is 340 g/mol. The molecule has 4 nitrogen and oxygen atoms in total. The second kappa shape index (κ2) is 6.91. The monoisotopic (exact) mass is 360 g/mol. The number of piperazine rings is 1. The second-order valence-corrected chi connectivity index (χ2v) is 7.99. The van der Waals surface area contributed by atoms with E-state index in [2.05, 4.69) is 25.7 Å². The number of rotatable bonds is 5. The molecule has 1 aliphatic rings. The van der Waals surface area contributed by atoms with Crippen molar-refractivity contribution in [2.75, 3.05) is 48.7 Å². The van der Waals surface area contributed by atoms with Crippen LogP contribution in [0.15, 0.2) is 29.2 Å². The first-order valence-electron chi connectivity index (χ1n) is 6.93. The van der Waals surface area contributed by atoms with E-state index in [1.54, 1.807) is 19.1 Å². The molecule has 1 heterocycles. The molecule has 0 unspecified atom stereocenters. The summed E-state index contributed by atoms with van der Waals surface area (Å²) in [4.78, 5) is 5.16. The summed E-state index contributed by atoms with van der Waals surface area (Å²) in [7, 11) is -3.09. The predicted molar refractivity (Wildman–Crippen MR) is 86.6 cm³/mol. The minimum absolute atomic E-state index is 0.150. The number of hydrogen-bond donors (Lipinski definition) is 0. The molecule has 1 aromatic carbocycles. The van der Waals surface area contributed by atoms with Crippen LogP contribution in [0.4, 0.5) is 5.69 Å². The number of anilines is 1. The summed E-state index contributed by atoms with van der Waals surface area (Å²) in [6, 6.07) is 7.28. The number of nitrogens with zero attached hydrogens (tertiary/aromatic N) is 2. The molecule has 0 radical (unpaired) electrons. The Kier molecular flexibility index (Phi) is 5.46. The highest BCUT2D eigenvalue weighted by molar-refractivity contribution is 9.09. The standard InChI is InChI=1S/C14H21BrN2O2S/c1-2-20(18,19)14-5-3-13(4-6-14)17-11-9-16(8-7-15)10-12-17/h3-6H,2,7-12H2,1H3. The van der Waals surface area contributed by atoms with Crippen LogP contribution in [0.1, 0.15) is 6.92 Å². The van der Waals surface area contributed by atoms with Crippen molar-refractivity contribution in [3.05, 3.63) is 24.3 Å². The summed E-state index contributed by atoms with van der Waals surface area (Å²) < 4.78 is 23.6. The molecule has 6 heteroatoms. The lowest BCUT2D eigenvalue weighted by Gasteiger charge is -2.35. The van der Waals surface area contributed by atoms with Crippen molar-refractivity contribution in [3.63, 3.8) is 0 Å². The molecule has 0 aliphatic carbocycles. The van der Waals surface area contributed by atoms with E-state index < -0.39 is 9.84 Å². The molecule has 1 aliphatic heterocycles. The van der Waals surface area contributed by atoms with E-state index in [9.17, 15) is 8.42 Å². The molecule has 0 amide bonds. The minimum atomic E-state index is -3.09. The molecule has 1 saturated heterocycles. The van der Waals surface area contributed by atoms with Gasteiger partial charge in [-0.2, -0.15) is 0 Å². The van der Waals surface area contributed by atoms with Gasteiger partial charge in [0.05, 0.1) is 10.6 Å². The van der Waals surface area contributed by atoms with Crippen molar-refractivity contribution in [2.45, 2.75) is 11.8 Å². The van der Waals surface area contributed by atoms with Gasteiger partial charge in [-0.3, -0.25) is 4.90 Å². The van der Waals surface area contributed by atoms with Crippen molar-refractivity contribution in [1.29, 1.82) is 0 Å². The van der Waals surface area contributed by atoms with Crippen molar-refractivity contribution in [2.24, 2.45) is 0 Å². The molecule has 1 aromatic rings. The van der Waals surface area contributed by atoms with Crippen LogP contribution in [0.3, 0.4) is 0 Å². The fourth-order valence-corrected chi connectivity index (χ4v) is 3.77. The third-order valence-corrected chi connectivity index (χ3v) is 5.82. The summed E-state index contributed by atoms with van der Waals surface area (Å²) in [6.07, 6.45) is 0. The van der Waals surface area contributed by atoms with Gasteiger partial charge in [-0.1, -0.05) is 22.9 Å². The zero-order chi connectivity index (χ0) is 14.6. The number of halogens is 1. The highest BCUT2D eigenvalue weighted by atomic mass is 79.9. The summed E-state index contributed by atoms with van der Waals surface area (Å²) >= 11 is 3.47. The zero-order valence-corrected chi connectivity index (χ0v) is 14.2. The van der Waals surface area contributed by atoms with Gasteiger partial charge in [-0.05, 0) is 24.3 Å². The van der Waals surface area contributed by atoms with Gasteiger partial charge in [0, 0.05) is 43.7 Å². The predicted octanol–water partition coefficient (Wildman–Crippen LogP) is 2.00. The summed E-state index contributed by atoms with van der Waals surface area (Å²) in [6.45, 7) is 6.86. The Morgan fingerprint density at radius 2 is 1.70 bits per heavy atom. The smallest absolute Gasteiger partial charge is 0.178 e. The van der Waals surface area contributed by atoms with Crippen LogP contribution < -0.4 is 4.90 Å². The van der Waals surface area contributed by atoms with Gasteiger partial charge in [-0.25, -0.2) is 8.42 Å². The van der Waals surface area contributed by atoms with E-state index in [-0.39, 0.29) is 5.75 Å². The third kappa shape index (κ3) is 3.74. The maximum absolute atomic E-state index is 11.8. The molecule has 0 spiro atoms. The number of sulfone groups is 1. The second-order valence-electron chi connectivity index (χ2n) is 4.91. The van der Waals surface area contributed by atoms with E-state index in [1.807, 2.05) is 12.1 Å². The van der Waals surface area contributed by atoms with Crippen LogP contribution in [0, 0.1) is 0 Å². The zero-order valence-electron chi connectivity index (χ0n) is 11.8. The van der Waals surface area contributed by atoms with Gasteiger partial charge in [0.25, 0.3) is 0 Å². The third-order valence-electron chi connectivity index (χ3n) is 3.71. The van der Waals surface area contributed by atoms with Gasteiger partial charge in [0.1, 0.15) is 0 Å². The summed E-state index contributed by atoms with van der Waals surface area (Å²) in [5.41, 5.74) is 1.11. The van der Waals surface area contributed by atoms with Crippen LogP contribution in [0.2, 0.25) is 0 Å². The van der Waals surface area contributed by atoms with Crippen LogP contribution in [0.5, 0.6) is 0 Å². The Balaban J connectivity index is 2.01. The highest BCUT2D eigenvalue weighted by Crippen LogP contribution is 2.20.